The van der Waals surface area contributed by atoms with Gasteiger partial charge in [-0.05, 0) is 50.4 Å². The van der Waals surface area contributed by atoms with Crippen LogP contribution in [0, 0.1) is 5.92 Å². The number of nitrogens with two attached hydrogens (primary N) is 1. The lowest BCUT2D eigenvalue weighted by Crippen LogP contribution is -2.30. The number of hydrogen-bond donors (Lipinski definition) is 2. The van der Waals surface area contributed by atoms with Crippen molar-refractivity contribution in [1.82, 2.24) is 15.3 Å². The van der Waals surface area contributed by atoms with Crippen LogP contribution >= 0.6 is 0 Å². The van der Waals surface area contributed by atoms with Gasteiger partial charge in [0, 0.05) is 12.7 Å². The monoisotopic (exact) mass is 290 g/mol. The van der Waals surface area contributed by atoms with Crippen LogP contribution in [0.15, 0.2) is 18.3 Å². The normalized spacial score (nSPS) is 20.0. The number of likely N-dealkylation sites (tertiary alicyclic amines) is 1. The first-order chi connectivity index (χ1) is 10.2. The van der Waals surface area contributed by atoms with Gasteiger partial charge in [-0.15, -0.1) is 0 Å². The second-order valence-corrected chi connectivity index (χ2v) is 5.87. The molecule has 1 atom stereocenters. The molecular formula is C16H26N4O. The lowest BCUT2D eigenvalue weighted by atomic mass is 9.96. The molecule has 1 fully saturated rings. The minimum absolute atomic E-state index is 0.300. The molecule has 0 saturated carbocycles. The van der Waals surface area contributed by atoms with Crippen LogP contribution in [0.5, 0.6) is 0 Å². The highest BCUT2D eigenvalue weighted by Gasteiger charge is 2.16. The van der Waals surface area contributed by atoms with E-state index in [2.05, 4.69) is 22.2 Å². The number of nitrogens with zero attached hydrogens (tertiary/aromatic N) is 2. The van der Waals surface area contributed by atoms with Gasteiger partial charge in [-0.3, -0.25) is 20.1 Å². The fraction of sp³-hybridized carbons (Fsp3) is 0.625. The second kappa shape index (κ2) is 8.10. The molecule has 116 valence electrons. The van der Waals surface area contributed by atoms with E-state index >= 15 is 0 Å². The van der Waals surface area contributed by atoms with Gasteiger partial charge < -0.3 is 0 Å². The summed E-state index contributed by atoms with van der Waals surface area (Å²) >= 11 is 0. The molecule has 1 aromatic heterocycles. The third-order valence-electron chi connectivity index (χ3n) is 4.24. The van der Waals surface area contributed by atoms with Crippen molar-refractivity contribution in [2.75, 3.05) is 13.1 Å². The Morgan fingerprint density at radius 1 is 1.43 bits per heavy atom. The lowest BCUT2D eigenvalue weighted by Gasteiger charge is -2.19. The van der Waals surface area contributed by atoms with E-state index in [0.29, 0.717) is 5.56 Å². The van der Waals surface area contributed by atoms with E-state index in [0.717, 1.165) is 31.2 Å². The predicted molar refractivity (Wildman–Crippen MR) is 83.4 cm³/mol. The van der Waals surface area contributed by atoms with Crippen LogP contribution in [-0.2, 0) is 6.54 Å². The second-order valence-electron chi connectivity index (χ2n) is 5.87. The number of rotatable bonds is 5. The highest BCUT2D eigenvalue weighted by molar-refractivity contribution is 5.93. The summed E-state index contributed by atoms with van der Waals surface area (Å²) in [6.45, 7) is 5.43. The van der Waals surface area contributed by atoms with Gasteiger partial charge in [0.05, 0.1) is 11.3 Å². The summed E-state index contributed by atoms with van der Waals surface area (Å²) in [7, 11) is 0. The number of hydrogen-bond acceptors (Lipinski definition) is 4. The summed E-state index contributed by atoms with van der Waals surface area (Å²) in [5, 5.41) is 0. The smallest absolute Gasteiger partial charge is 0.266 e. The first-order valence-corrected chi connectivity index (χ1v) is 7.91. The Hall–Kier alpha value is -1.46. The zero-order valence-electron chi connectivity index (χ0n) is 12.8. The van der Waals surface area contributed by atoms with E-state index in [4.69, 9.17) is 5.84 Å². The fourth-order valence-corrected chi connectivity index (χ4v) is 3.04. The average molecular weight is 290 g/mol. The minimum Gasteiger partial charge on any atom is -0.298 e. The molecule has 0 bridgehead atoms. The van der Waals surface area contributed by atoms with Crippen molar-refractivity contribution in [3.63, 3.8) is 0 Å². The van der Waals surface area contributed by atoms with Crippen molar-refractivity contribution in [3.05, 3.63) is 29.6 Å². The number of pyridine rings is 1. The Morgan fingerprint density at radius 2 is 2.29 bits per heavy atom. The summed E-state index contributed by atoms with van der Waals surface area (Å²) in [6.07, 6.45) is 8.16. The molecule has 1 aliphatic rings. The molecule has 0 radical (unpaired) electrons. The van der Waals surface area contributed by atoms with Crippen LogP contribution in [-0.4, -0.2) is 28.9 Å². The maximum atomic E-state index is 11.4. The molecule has 2 rings (SSSR count). The number of amides is 1. The van der Waals surface area contributed by atoms with E-state index in [1.54, 1.807) is 12.3 Å². The quantitative estimate of drug-likeness (QED) is 0.495. The molecule has 3 N–H and O–H groups in total. The van der Waals surface area contributed by atoms with Crippen LogP contribution < -0.4 is 11.3 Å². The van der Waals surface area contributed by atoms with E-state index in [1.165, 1.54) is 32.1 Å². The highest BCUT2D eigenvalue weighted by Crippen LogP contribution is 2.22. The van der Waals surface area contributed by atoms with Gasteiger partial charge in [0.2, 0.25) is 0 Å². The predicted octanol–water partition coefficient (Wildman–Crippen LogP) is 2.09. The van der Waals surface area contributed by atoms with Crippen LogP contribution in [0.1, 0.15) is 55.1 Å². The Balaban J connectivity index is 1.88. The number of aromatic nitrogens is 1. The molecule has 1 aromatic rings. The van der Waals surface area contributed by atoms with Crippen molar-refractivity contribution in [2.24, 2.45) is 11.8 Å². The number of nitrogens with one attached hydrogen (secondary N) is 1. The Labute approximate surface area is 126 Å². The highest BCUT2D eigenvalue weighted by atomic mass is 16.2. The maximum Gasteiger partial charge on any atom is 0.266 e. The standard InChI is InChI=1S/C16H26N4O/c1-2-4-13-5-3-9-20(10-8-13)12-15-7-6-14(11-18-15)16(21)19-17/h6-7,11,13H,2-5,8-10,12,17H2,1H3,(H,19,21). The first kappa shape index (κ1) is 15.9. The molecule has 0 aliphatic carbocycles. The van der Waals surface area contributed by atoms with Crippen molar-refractivity contribution >= 4 is 5.91 Å². The Kier molecular flexibility index (Phi) is 6.14. The van der Waals surface area contributed by atoms with Crippen LogP contribution in [0.4, 0.5) is 0 Å². The van der Waals surface area contributed by atoms with Gasteiger partial charge >= 0.3 is 0 Å². The van der Waals surface area contributed by atoms with Crippen molar-refractivity contribution in [3.8, 4) is 0 Å². The lowest BCUT2D eigenvalue weighted by molar-refractivity contribution is 0.0953. The summed E-state index contributed by atoms with van der Waals surface area (Å²) < 4.78 is 0. The molecule has 5 heteroatoms. The van der Waals surface area contributed by atoms with Gasteiger partial charge in [0.15, 0.2) is 0 Å². The topological polar surface area (TPSA) is 71.2 Å². The molecule has 0 spiro atoms. The van der Waals surface area contributed by atoms with E-state index in [9.17, 15) is 4.79 Å². The van der Waals surface area contributed by atoms with E-state index in [1.807, 2.05) is 6.07 Å². The van der Waals surface area contributed by atoms with Gasteiger partial charge in [0.25, 0.3) is 5.91 Å². The maximum absolute atomic E-state index is 11.4. The van der Waals surface area contributed by atoms with Gasteiger partial charge in [0.1, 0.15) is 0 Å². The molecule has 1 aliphatic heterocycles. The molecule has 21 heavy (non-hydrogen) atoms. The van der Waals surface area contributed by atoms with Crippen LogP contribution in [0.25, 0.3) is 0 Å². The average Bonchev–Trinajstić information content (AvgIpc) is 2.73. The van der Waals surface area contributed by atoms with E-state index < -0.39 is 0 Å². The molecule has 0 aromatic carbocycles. The Morgan fingerprint density at radius 3 is 2.95 bits per heavy atom. The molecule has 1 saturated heterocycles. The largest absolute Gasteiger partial charge is 0.298 e. The summed E-state index contributed by atoms with van der Waals surface area (Å²) in [6, 6.07) is 3.70. The number of carbonyl (C=O) groups excluding carboxylic acids is 1. The zero-order chi connectivity index (χ0) is 15.1. The Bertz CT molecular complexity index is 446. The molecule has 5 nitrogen and oxygen atoms in total. The van der Waals surface area contributed by atoms with Gasteiger partial charge in [-0.25, -0.2) is 5.84 Å². The van der Waals surface area contributed by atoms with E-state index in [-0.39, 0.29) is 5.91 Å². The molecule has 1 amide bonds. The third kappa shape index (κ3) is 4.79. The SMILES string of the molecule is CCCC1CCCN(Cc2ccc(C(=O)NN)cn2)CC1. The molecule has 2 heterocycles. The van der Waals surface area contributed by atoms with Crippen LogP contribution in [0.2, 0.25) is 0 Å². The van der Waals surface area contributed by atoms with Gasteiger partial charge in [-0.2, -0.15) is 0 Å². The summed E-state index contributed by atoms with van der Waals surface area (Å²) in [5.41, 5.74) is 3.63. The molecule has 1 unspecified atom stereocenters. The van der Waals surface area contributed by atoms with Crippen molar-refractivity contribution in [1.29, 1.82) is 0 Å². The first-order valence-electron chi connectivity index (χ1n) is 7.91. The minimum atomic E-state index is -0.300. The van der Waals surface area contributed by atoms with Crippen molar-refractivity contribution in [2.45, 2.75) is 45.6 Å². The fourth-order valence-electron chi connectivity index (χ4n) is 3.04. The summed E-state index contributed by atoms with van der Waals surface area (Å²) in [4.78, 5) is 18.2. The molecular weight excluding hydrogens is 264 g/mol. The number of nitrogen functional groups attached to an aromatic ring is 1. The third-order valence-corrected chi connectivity index (χ3v) is 4.24. The number of carbonyl (C=O) groups is 1. The van der Waals surface area contributed by atoms with Crippen LogP contribution in [0.3, 0.4) is 0 Å². The number of hydrazine groups is 1. The zero-order valence-corrected chi connectivity index (χ0v) is 12.8. The summed E-state index contributed by atoms with van der Waals surface area (Å²) in [5.74, 6) is 5.70. The van der Waals surface area contributed by atoms with Crippen molar-refractivity contribution < 1.29 is 4.79 Å². The van der Waals surface area contributed by atoms with Gasteiger partial charge in [-0.1, -0.05) is 19.8 Å².